The highest BCUT2D eigenvalue weighted by molar-refractivity contribution is 7.89. The van der Waals surface area contributed by atoms with Crippen LogP contribution >= 0.6 is 0 Å². The lowest BCUT2D eigenvalue weighted by Gasteiger charge is -2.34. The van der Waals surface area contributed by atoms with Crippen molar-refractivity contribution in [1.82, 2.24) is 13.9 Å². The number of nitrogens with zero attached hydrogens (tertiary/aromatic N) is 3. The summed E-state index contributed by atoms with van der Waals surface area (Å²) in [5.74, 6) is 0. The van der Waals surface area contributed by atoms with Gasteiger partial charge < -0.3 is 4.57 Å². The Morgan fingerprint density at radius 2 is 2.00 bits per heavy atom. The zero-order valence-electron chi connectivity index (χ0n) is 13.7. The summed E-state index contributed by atoms with van der Waals surface area (Å²) < 4.78 is 30.3. The van der Waals surface area contributed by atoms with Crippen molar-refractivity contribution in [3.63, 3.8) is 0 Å². The molecule has 0 amide bonds. The maximum atomic E-state index is 13.3. The molecule has 1 unspecified atom stereocenters. The highest BCUT2D eigenvalue weighted by Gasteiger charge is 2.35. The molecular weight excluding hydrogens is 322 g/mol. The Bertz CT molecular complexity index is 1020. The molecule has 1 aliphatic heterocycles. The summed E-state index contributed by atoms with van der Waals surface area (Å²) in [5.41, 5.74) is 2.58. The van der Waals surface area contributed by atoms with Gasteiger partial charge in [0, 0.05) is 36.6 Å². The topological polar surface area (TPSA) is 55.2 Å². The van der Waals surface area contributed by atoms with E-state index in [-0.39, 0.29) is 10.9 Å². The smallest absolute Gasteiger partial charge is 0.245 e. The maximum absolute atomic E-state index is 13.3. The van der Waals surface area contributed by atoms with E-state index in [1.165, 1.54) is 0 Å². The minimum atomic E-state index is -3.61. The Morgan fingerprint density at radius 3 is 2.83 bits per heavy atom. The fraction of sp³-hybridized carbons (Fsp3) is 0.278. The van der Waals surface area contributed by atoms with Crippen molar-refractivity contribution >= 4 is 20.9 Å². The van der Waals surface area contributed by atoms with Crippen LogP contribution in [0.3, 0.4) is 0 Å². The van der Waals surface area contributed by atoms with E-state index in [0.29, 0.717) is 18.6 Å². The number of pyridine rings is 1. The molecule has 0 bridgehead atoms. The second kappa shape index (κ2) is 5.43. The van der Waals surface area contributed by atoms with Crippen LogP contribution in [0.1, 0.15) is 24.2 Å². The van der Waals surface area contributed by atoms with E-state index < -0.39 is 10.0 Å². The molecule has 24 heavy (non-hydrogen) atoms. The van der Waals surface area contributed by atoms with Crippen molar-refractivity contribution in [2.45, 2.75) is 31.3 Å². The lowest BCUT2D eigenvalue weighted by molar-refractivity contribution is 0.282. The second-order valence-electron chi connectivity index (χ2n) is 6.26. The van der Waals surface area contributed by atoms with Gasteiger partial charge >= 0.3 is 0 Å². The molecule has 0 aliphatic carbocycles. The number of fused-ring (bicyclic) bond motifs is 2. The first-order valence-electron chi connectivity index (χ1n) is 8.01. The van der Waals surface area contributed by atoms with Gasteiger partial charge in [-0.15, -0.1) is 0 Å². The fourth-order valence-corrected chi connectivity index (χ4v) is 5.23. The summed E-state index contributed by atoms with van der Waals surface area (Å²) >= 11 is 0. The SMILES string of the molecule is Cc1cnc2c(S(=O)(=O)N3CCn4cccc4C3C)cccc2c1. The Labute approximate surface area is 141 Å². The standard InChI is InChI=1S/C18H19N3O2S/c1-13-11-15-5-3-7-17(18(15)19-12-13)24(22,23)21-10-9-20-8-4-6-16(20)14(21)2/h3-8,11-12,14H,9-10H2,1-2H3. The number of aromatic nitrogens is 2. The van der Waals surface area contributed by atoms with Gasteiger partial charge in [-0.05, 0) is 43.7 Å². The summed E-state index contributed by atoms with van der Waals surface area (Å²) in [6.45, 7) is 5.02. The number of para-hydroxylation sites is 1. The van der Waals surface area contributed by atoms with Gasteiger partial charge in [0.2, 0.25) is 10.0 Å². The van der Waals surface area contributed by atoms with E-state index in [1.54, 1.807) is 22.6 Å². The summed E-state index contributed by atoms with van der Waals surface area (Å²) in [5, 5.41) is 0.851. The summed E-state index contributed by atoms with van der Waals surface area (Å²) in [7, 11) is -3.61. The van der Waals surface area contributed by atoms with E-state index in [9.17, 15) is 8.42 Å². The molecule has 124 valence electrons. The molecule has 5 nitrogen and oxygen atoms in total. The fourth-order valence-electron chi connectivity index (χ4n) is 3.46. The van der Waals surface area contributed by atoms with Crippen LogP contribution < -0.4 is 0 Å². The van der Waals surface area contributed by atoms with Crippen molar-refractivity contribution in [3.05, 3.63) is 60.0 Å². The molecule has 1 aromatic carbocycles. The Kier molecular flexibility index (Phi) is 3.47. The number of rotatable bonds is 2. The lowest BCUT2D eigenvalue weighted by atomic mass is 10.2. The van der Waals surface area contributed by atoms with Crippen LogP contribution in [0, 0.1) is 6.92 Å². The molecule has 4 rings (SSSR count). The van der Waals surface area contributed by atoms with Crippen molar-refractivity contribution in [2.75, 3.05) is 6.54 Å². The van der Waals surface area contributed by atoms with Crippen LogP contribution in [-0.4, -0.2) is 28.8 Å². The van der Waals surface area contributed by atoms with Gasteiger partial charge in [0.25, 0.3) is 0 Å². The number of aryl methyl sites for hydroxylation is 1. The number of benzene rings is 1. The molecule has 0 saturated carbocycles. The second-order valence-corrected chi connectivity index (χ2v) is 8.12. The van der Waals surface area contributed by atoms with Crippen LogP contribution in [0.15, 0.2) is 53.7 Å². The quantitative estimate of drug-likeness (QED) is 0.720. The van der Waals surface area contributed by atoms with Crippen molar-refractivity contribution in [2.24, 2.45) is 0 Å². The maximum Gasteiger partial charge on any atom is 0.245 e. The minimum Gasteiger partial charge on any atom is -0.349 e. The summed E-state index contributed by atoms with van der Waals surface area (Å²) in [6.07, 6.45) is 3.71. The van der Waals surface area contributed by atoms with E-state index in [2.05, 4.69) is 9.55 Å². The number of hydrogen-bond acceptors (Lipinski definition) is 3. The molecule has 0 saturated heterocycles. The van der Waals surface area contributed by atoms with Crippen LogP contribution in [0.2, 0.25) is 0 Å². The van der Waals surface area contributed by atoms with Crippen molar-refractivity contribution < 1.29 is 8.42 Å². The van der Waals surface area contributed by atoms with Crippen LogP contribution in [-0.2, 0) is 16.6 Å². The normalized spacial score (nSPS) is 18.7. The van der Waals surface area contributed by atoms with E-state index in [4.69, 9.17) is 0 Å². The largest absolute Gasteiger partial charge is 0.349 e. The number of sulfonamides is 1. The van der Waals surface area contributed by atoms with Gasteiger partial charge in [0.05, 0.1) is 11.6 Å². The first kappa shape index (κ1) is 15.4. The van der Waals surface area contributed by atoms with Crippen LogP contribution in [0.5, 0.6) is 0 Å². The van der Waals surface area contributed by atoms with Gasteiger partial charge in [-0.25, -0.2) is 8.42 Å². The van der Waals surface area contributed by atoms with E-state index in [0.717, 1.165) is 16.6 Å². The highest BCUT2D eigenvalue weighted by Crippen LogP contribution is 2.33. The van der Waals surface area contributed by atoms with Crippen LogP contribution in [0.4, 0.5) is 0 Å². The molecule has 0 fully saturated rings. The van der Waals surface area contributed by atoms with Gasteiger partial charge in [0.1, 0.15) is 4.90 Å². The average molecular weight is 341 g/mol. The molecular formula is C18H19N3O2S. The first-order valence-corrected chi connectivity index (χ1v) is 9.45. The van der Waals surface area contributed by atoms with E-state index >= 15 is 0 Å². The molecule has 1 atom stereocenters. The molecule has 0 radical (unpaired) electrons. The molecule has 2 aromatic heterocycles. The summed E-state index contributed by atoms with van der Waals surface area (Å²) in [6, 6.07) is 11.1. The summed E-state index contributed by atoms with van der Waals surface area (Å²) in [4.78, 5) is 4.67. The van der Waals surface area contributed by atoms with Crippen molar-refractivity contribution in [1.29, 1.82) is 0 Å². The average Bonchev–Trinajstić information content (AvgIpc) is 3.03. The predicted molar refractivity (Wildman–Crippen MR) is 93.2 cm³/mol. The Morgan fingerprint density at radius 1 is 1.17 bits per heavy atom. The third kappa shape index (κ3) is 2.25. The third-order valence-electron chi connectivity index (χ3n) is 4.68. The monoisotopic (exact) mass is 341 g/mol. The van der Waals surface area contributed by atoms with Gasteiger partial charge in [-0.1, -0.05) is 12.1 Å². The molecule has 3 heterocycles. The zero-order valence-corrected chi connectivity index (χ0v) is 14.5. The van der Waals surface area contributed by atoms with Gasteiger partial charge in [-0.2, -0.15) is 4.31 Å². The molecule has 1 aliphatic rings. The number of hydrogen-bond donors (Lipinski definition) is 0. The van der Waals surface area contributed by atoms with E-state index in [1.807, 2.05) is 44.3 Å². The zero-order chi connectivity index (χ0) is 16.9. The molecule has 0 N–H and O–H groups in total. The molecule has 0 spiro atoms. The predicted octanol–water partition coefficient (Wildman–Crippen LogP) is 3.11. The molecule has 3 aromatic rings. The Hall–Kier alpha value is -2.18. The van der Waals surface area contributed by atoms with Crippen LogP contribution in [0.25, 0.3) is 10.9 Å². The molecule has 6 heteroatoms. The minimum absolute atomic E-state index is 0.195. The Balaban J connectivity index is 1.85. The van der Waals surface area contributed by atoms with Gasteiger partial charge in [0.15, 0.2) is 0 Å². The van der Waals surface area contributed by atoms with Crippen molar-refractivity contribution in [3.8, 4) is 0 Å². The lowest BCUT2D eigenvalue weighted by Crippen LogP contribution is -2.40. The third-order valence-corrected chi connectivity index (χ3v) is 6.68. The van der Waals surface area contributed by atoms with Gasteiger partial charge in [-0.3, -0.25) is 4.98 Å². The first-order chi connectivity index (χ1) is 11.5. The highest BCUT2D eigenvalue weighted by atomic mass is 32.2.